The fourth-order valence-electron chi connectivity index (χ4n) is 1.62. The lowest BCUT2D eigenvalue weighted by molar-refractivity contribution is -0.384. The van der Waals surface area contributed by atoms with Crippen molar-refractivity contribution in [3.63, 3.8) is 0 Å². The average Bonchev–Trinajstić information content (AvgIpc) is 2.40. The molecule has 0 heterocycles. The summed E-state index contributed by atoms with van der Waals surface area (Å²) >= 11 is 0. The molecule has 20 heavy (non-hydrogen) atoms. The van der Waals surface area contributed by atoms with Crippen molar-refractivity contribution in [3.8, 4) is 5.75 Å². The second kappa shape index (κ2) is 7.44. The zero-order chi connectivity index (χ0) is 15.1. The fourth-order valence-corrected chi connectivity index (χ4v) is 1.62. The number of rotatable bonds is 7. The summed E-state index contributed by atoms with van der Waals surface area (Å²) in [7, 11) is 1.72. The van der Waals surface area contributed by atoms with Gasteiger partial charge in [0.2, 0.25) is 0 Å². The highest BCUT2D eigenvalue weighted by Crippen LogP contribution is 2.25. The molecule has 1 rings (SSSR count). The first kappa shape index (κ1) is 15.9. The van der Waals surface area contributed by atoms with E-state index in [2.05, 4.69) is 5.32 Å². The van der Waals surface area contributed by atoms with Gasteiger partial charge in [-0.15, -0.1) is 0 Å². The van der Waals surface area contributed by atoms with Gasteiger partial charge < -0.3 is 14.8 Å². The third kappa shape index (κ3) is 4.20. The van der Waals surface area contributed by atoms with Gasteiger partial charge in [-0.2, -0.15) is 0 Å². The van der Waals surface area contributed by atoms with E-state index < -0.39 is 17.0 Å². The summed E-state index contributed by atoms with van der Waals surface area (Å²) in [6.07, 6.45) is -0.771. The van der Waals surface area contributed by atoms with E-state index in [0.717, 1.165) is 0 Å². The van der Waals surface area contributed by atoms with Crippen LogP contribution in [0.1, 0.15) is 19.4 Å². The maximum absolute atomic E-state index is 11.5. The van der Waals surface area contributed by atoms with Crippen LogP contribution >= 0.6 is 0 Å². The van der Waals surface area contributed by atoms with E-state index >= 15 is 0 Å². The second-order valence-electron chi connectivity index (χ2n) is 4.09. The van der Waals surface area contributed by atoms with Crippen LogP contribution in [-0.2, 0) is 16.1 Å². The number of ether oxygens (including phenoxy) is 2. The van der Waals surface area contributed by atoms with E-state index in [1.807, 2.05) is 0 Å². The van der Waals surface area contributed by atoms with E-state index in [1.54, 1.807) is 20.9 Å². The summed E-state index contributed by atoms with van der Waals surface area (Å²) in [6, 6.07) is 4.25. The summed E-state index contributed by atoms with van der Waals surface area (Å²) in [5.74, 6) is -0.0493. The van der Waals surface area contributed by atoms with E-state index in [9.17, 15) is 14.9 Å². The van der Waals surface area contributed by atoms with E-state index in [-0.39, 0.29) is 12.3 Å². The predicted octanol–water partition coefficient (Wildman–Crippen LogP) is 1.64. The summed E-state index contributed by atoms with van der Waals surface area (Å²) in [5.41, 5.74) is 0.587. The van der Waals surface area contributed by atoms with Gasteiger partial charge in [-0.25, -0.2) is 4.79 Å². The molecule has 1 unspecified atom stereocenters. The number of benzene rings is 1. The van der Waals surface area contributed by atoms with Crippen LogP contribution in [0.25, 0.3) is 0 Å². The number of nitrogens with zero attached hydrogens (tertiary/aromatic N) is 1. The second-order valence-corrected chi connectivity index (χ2v) is 4.09. The Morgan fingerprint density at radius 2 is 2.20 bits per heavy atom. The highest BCUT2D eigenvalue weighted by Gasteiger charge is 2.19. The molecule has 0 saturated carbocycles. The third-order valence-corrected chi connectivity index (χ3v) is 2.54. The molecule has 0 bridgehead atoms. The van der Waals surface area contributed by atoms with Gasteiger partial charge in [-0.1, -0.05) is 0 Å². The molecule has 110 valence electrons. The first-order valence-corrected chi connectivity index (χ1v) is 6.24. The van der Waals surface area contributed by atoms with Crippen molar-refractivity contribution in [1.29, 1.82) is 0 Å². The Labute approximate surface area is 117 Å². The number of non-ortho nitro benzene ring substituents is 1. The summed E-state index contributed by atoms with van der Waals surface area (Å²) in [5, 5.41) is 13.7. The SMILES string of the molecule is CCOC(=O)C(C)Oc1ccc([N+](=O)[O-])cc1CNC. The standard InChI is InChI=1S/C13H18N2O5/c1-4-19-13(16)9(2)20-12-6-5-11(15(17)18)7-10(12)8-14-3/h5-7,9,14H,4,8H2,1-3H3. The van der Waals surface area contributed by atoms with Gasteiger partial charge in [-0.3, -0.25) is 10.1 Å². The molecule has 0 saturated heterocycles. The van der Waals surface area contributed by atoms with Crippen molar-refractivity contribution in [1.82, 2.24) is 5.32 Å². The summed E-state index contributed by atoms with van der Waals surface area (Å²) in [6.45, 7) is 3.95. The van der Waals surface area contributed by atoms with Gasteiger partial charge >= 0.3 is 5.97 Å². The van der Waals surface area contributed by atoms with Crippen LogP contribution in [0.15, 0.2) is 18.2 Å². The van der Waals surface area contributed by atoms with Crippen molar-refractivity contribution in [2.75, 3.05) is 13.7 Å². The Hall–Kier alpha value is -2.15. The van der Waals surface area contributed by atoms with Gasteiger partial charge in [-0.05, 0) is 27.0 Å². The fraction of sp³-hybridized carbons (Fsp3) is 0.462. The normalized spacial score (nSPS) is 11.8. The number of nitro groups is 1. The molecule has 0 amide bonds. The molecule has 0 fully saturated rings. The molecule has 7 nitrogen and oxygen atoms in total. The predicted molar refractivity (Wildman–Crippen MR) is 72.6 cm³/mol. The first-order chi connectivity index (χ1) is 9.49. The van der Waals surface area contributed by atoms with E-state index in [1.165, 1.54) is 18.2 Å². The van der Waals surface area contributed by atoms with Crippen LogP contribution in [0.5, 0.6) is 5.75 Å². The van der Waals surface area contributed by atoms with E-state index in [4.69, 9.17) is 9.47 Å². The lowest BCUT2D eigenvalue weighted by atomic mass is 10.1. The lowest BCUT2D eigenvalue weighted by Gasteiger charge is -2.16. The number of carbonyl (C=O) groups is 1. The van der Waals surface area contributed by atoms with Crippen molar-refractivity contribution in [2.24, 2.45) is 0 Å². The van der Waals surface area contributed by atoms with Crippen molar-refractivity contribution in [3.05, 3.63) is 33.9 Å². The monoisotopic (exact) mass is 282 g/mol. The van der Waals surface area contributed by atoms with Crippen molar-refractivity contribution < 1.29 is 19.2 Å². The Bertz CT molecular complexity index is 490. The molecule has 7 heteroatoms. The Kier molecular flexibility index (Phi) is 5.92. The molecule has 0 spiro atoms. The number of hydrogen-bond acceptors (Lipinski definition) is 6. The van der Waals surface area contributed by atoms with Gasteiger partial charge in [0, 0.05) is 24.2 Å². The van der Waals surface area contributed by atoms with Crippen LogP contribution in [0.2, 0.25) is 0 Å². The first-order valence-electron chi connectivity index (χ1n) is 6.24. The number of hydrogen-bond donors (Lipinski definition) is 1. The summed E-state index contributed by atoms with van der Waals surface area (Å²) in [4.78, 5) is 21.8. The van der Waals surface area contributed by atoms with E-state index in [0.29, 0.717) is 17.9 Å². The molecule has 0 radical (unpaired) electrons. The van der Waals surface area contributed by atoms with Gasteiger partial charge in [0.05, 0.1) is 11.5 Å². The highest BCUT2D eigenvalue weighted by molar-refractivity contribution is 5.74. The molecule has 1 aromatic carbocycles. The molecular weight excluding hydrogens is 264 g/mol. The zero-order valence-corrected chi connectivity index (χ0v) is 11.7. The molecular formula is C13H18N2O5. The average molecular weight is 282 g/mol. The number of nitrogens with one attached hydrogen (secondary N) is 1. The topological polar surface area (TPSA) is 90.7 Å². The molecule has 0 aliphatic heterocycles. The van der Waals surface area contributed by atoms with Crippen LogP contribution in [0, 0.1) is 10.1 Å². The van der Waals surface area contributed by atoms with Crippen LogP contribution in [0.4, 0.5) is 5.69 Å². The molecule has 0 aromatic heterocycles. The van der Waals surface area contributed by atoms with Gasteiger partial charge in [0.1, 0.15) is 5.75 Å². The molecule has 1 N–H and O–H groups in total. The van der Waals surface area contributed by atoms with Gasteiger partial charge in [0.15, 0.2) is 6.10 Å². The Morgan fingerprint density at radius 3 is 2.75 bits per heavy atom. The smallest absolute Gasteiger partial charge is 0.347 e. The number of carbonyl (C=O) groups excluding carboxylic acids is 1. The van der Waals surface area contributed by atoms with Gasteiger partial charge in [0.25, 0.3) is 5.69 Å². The minimum absolute atomic E-state index is 0.0219. The minimum Gasteiger partial charge on any atom is -0.479 e. The minimum atomic E-state index is -0.771. The highest BCUT2D eigenvalue weighted by atomic mass is 16.6. The van der Waals surface area contributed by atoms with Crippen LogP contribution < -0.4 is 10.1 Å². The Balaban J connectivity index is 2.93. The van der Waals surface area contributed by atoms with Crippen molar-refractivity contribution >= 4 is 11.7 Å². The lowest BCUT2D eigenvalue weighted by Crippen LogP contribution is -2.26. The molecule has 0 aliphatic carbocycles. The Morgan fingerprint density at radius 1 is 1.50 bits per heavy atom. The third-order valence-electron chi connectivity index (χ3n) is 2.54. The number of esters is 1. The quantitative estimate of drug-likeness (QED) is 0.464. The van der Waals surface area contributed by atoms with Crippen molar-refractivity contribution in [2.45, 2.75) is 26.5 Å². The molecule has 0 aliphatic rings. The molecule has 1 atom stereocenters. The van der Waals surface area contributed by atoms with Crippen LogP contribution in [0.3, 0.4) is 0 Å². The molecule has 1 aromatic rings. The maximum Gasteiger partial charge on any atom is 0.347 e. The maximum atomic E-state index is 11.5. The largest absolute Gasteiger partial charge is 0.479 e. The summed E-state index contributed by atoms with van der Waals surface area (Å²) < 4.78 is 10.4. The zero-order valence-electron chi connectivity index (χ0n) is 11.7. The number of nitro benzene ring substituents is 1. The van der Waals surface area contributed by atoms with Crippen LogP contribution in [-0.4, -0.2) is 30.7 Å².